The standard InChI is InChI=1S/C14H19N5O/c1-2-16-11-5-3-10(4-6-11)14-18-13(19-20-14)12-7-8-15-9-17-12/h7-11,16H,2-6H2,1H3. The van der Waals surface area contributed by atoms with Crippen LogP contribution < -0.4 is 5.32 Å². The summed E-state index contributed by atoms with van der Waals surface area (Å²) in [5, 5.41) is 7.53. The summed E-state index contributed by atoms with van der Waals surface area (Å²) in [4.78, 5) is 12.5. The minimum atomic E-state index is 0.382. The van der Waals surface area contributed by atoms with Gasteiger partial charge in [-0.3, -0.25) is 0 Å². The zero-order valence-corrected chi connectivity index (χ0v) is 11.6. The molecule has 2 aromatic heterocycles. The van der Waals surface area contributed by atoms with Crippen molar-refractivity contribution in [1.82, 2.24) is 25.4 Å². The lowest BCUT2D eigenvalue weighted by molar-refractivity contribution is 0.284. The largest absolute Gasteiger partial charge is 0.339 e. The van der Waals surface area contributed by atoms with Crippen molar-refractivity contribution in [2.45, 2.75) is 44.6 Å². The zero-order chi connectivity index (χ0) is 13.8. The summed E-state index contributed by atoms with van der Waals surface area (Å²) >= 11 is 0. The van der Waals surface area contributed by atoms with Gasteiger partial charge in [0.15, 0.2) is 0 Å². The van der Waals surface area contributed by atoms with Crippen LogP contribution in [0.25, 0.3) is 11.5 Å². The first-order chi connectivity index (χ1) is 9.86. The van der Waals surface area contributed by atoms with Crippen LogP contribution in [0.2, 0.25) is 0 Å². The summed E-state index contributed by atoms with van der Waals surface area (Å²) in [5.74, 6) is 1.68. The summed E-state index contributed by atoms with van der Waals surface area (Å²) in [6.07, 6.45) is 7.71. The van der Waals surface area contributed by atoms with Crippen LogP contribution in [0.1, 0.15) is 44.4 Å². The van der Waals surface area contributed by atoms with Gasteiger partial charge in [-0.2, -0.15) is 4.98 Å². The number of hydrogen-bond acceptors (Lipinski definition) is 6. The third-order valence-corrected chi connectivity index (χ3v) is 3.82. The lowest BCUT2D eigenvalue weighted by atomic mass is 9.86. The molecule has 1 saturated carbocycles. The molecular formula is C14H19N5O. The molecule has 3 rings (SSSR count). The fourth-order valence-corrected chi connectivity index (χ4v) is 2.76. The second-order valence-electron chi connectivity index (χ2n) is 5.16. The van der Waals surface area contributed by atoms with Gasteiger partial charge in [-0.05, 0) is 38.3 Å². The van der Waals surface area contributed by atoms with E-state index in [9.17, 15) is 0 Å². The highest BCUT2D eigenvalue weighted by Gasteiger charge is 2.26. The van der Waals surface area contributed by atoms with Crippen molar-refractivity contribution in [2.75, 3.05) is 6.54 Å². The second kappa shape index (κ2) is 6.09. The first kappa shape index (κ1) is 13.2. The molecule has 106 valence electrons. The molecule has 0 aliphatic heterocycles. The predicted molar refractivity (Wildman–Crippen MR) is 74.0 cm³/mol. The maximum atomic E-state index is 5.41. The molecule has 0 spiro atoms. The average molecular weight is 273 g/mol. The molecule has 0 atom stereocenters. The van der Waals surface area contributed by atoms with E-state index in [1.165, 1.54) is 19.2 Å². The van der Waals surface area contributed by atoms with E-state index in [-0.39, 0.29) is 0 Å². The molecule has 2 aromatic rings. The molecule has 1 fully saturated rings. The van der Waals surface area contributed by atoms with Gasteiger partial charge in [0.25, 0.3) is 0 Å². The van der Waals surface area contributed by atoms with Crippen LogP contribution in [0.15, 0.2) is 23.1 Å². The van der Waals surface area contributed by atoms with Crippen molar-refractivity contribution in [3.05, 3.63) is 24.5 Å². The number of aromatic nitrogens is 4. The van der Waals surface area contributed by atoms with Gasteiger partial charge >= 0.3 is 0 Å². The third-order valence-electron chi connectivity index (χ3n) is 3.82. The molecule has 1 aliphatic rings. The Morgan fingerprint density at radius 3 is 2.85 bits per heavy atom. The summed E-state index contributed by atoms with van der Waals surface area (Å²) < 4.78 is 5.41. The quantitative estimate of drug-likeness (QED) is 0.920. The fourth-order valence-electron chi connectivity index (χ4n) is 2.76. The van der Waals surface area contributed by atoms with Crippen LogP contribution in [0.5, 0.6) is 0 Å². The highest BCUT2D eigenvalue weighted by molar-refractivity contribution is 5.46. The summed E-state index contributed by atoms with van der Waals surface area (Å²) in [5.41, 5.74) is 0.705. The van der Waals surface area contributed by atoms with E-state index in [2.05, 4.69) is 32.3 Å². The normalized spacial score (nSPS) is 22.9. The van der Waals surface area contributed by atoms with Crippen LogP contribution in [0.3, 0.4) is 0 Å². The Bertz CT molecular complexity index is 534. The molecule has 1 aliphatic carbocycles. The van der Waals surface area contributed by atoms with Crippen molar-refractivity contribution in [1.29, 1.82) is 0 Å². The SMILES string of the molecule is CCNC1CCC(c2nc(-c3ccncn3)no2)CC1. The molecule has 0 radical (unpaired) electrons. The van der Waals surface area contributed by atoms with Gasteiger partial charge < -0.3 is 9.84 Å². The van der Waals surface area contributed by atoms with Crippen LogP contribution in [0, 0.1) is 0 Å². The Labute approximate surface area is 118 Å². The highest BCUT2D eigenvalue weighted by atomic mass is 16.5. The van der Waals surface area contributed by atoms with Crippen molar-refractivity contribution >= 4 is 0 Å². The molecule has 0 bridgehead atoms. The lowest BCUT2D eigenvalue weighted by Crippen LogP contribution is -2.32. The zero-order valence-electron chi connectivity index (χ0n) is 11.6. The van der Waals surface area contributed by atoms with Crippen LogP contribution in [-0.4, -0.2) is 32.7 Å². The van der Waals surface area contributed by atoms with Gasteiger partial charge in [-0.1, -0.05) is 12.1 Å². The molecule has 0 unspecified atom stereocenters. The van der Waals surface area contributed by atoms with Crippen LogP contribution in [-0.2, 0) is 0 Å². The highest BCUT2D eigenvalue weighted by Crippen LogP contribution is 2.32. The second-order valence-corrected chi connectivity index (χ2v) is 5.16. The van der Waals surface area contributed by atoms with Gasteiger partial charge in [-0.15, -0.1) is 0 Å². The summed E-state index contributed by atoms with van der Waals surface area (Å²) in [7, 11) is 0. The van der Waals surface area contributed by atoms with E-state index in [0.717, 1.165) is 25.3 Å². The third kappa shape index (κ3) is 2.85. The van der Waals surface area contributed by atoms with Gasteiger partial charge in [0.05, 0.1) is 0 Å². The number of rotatable bonds is 4. The Balaban J connectivity index is 1.66. The van der Waals surface area contributed by atoms with E-state index in [0.29, 0.717) is 23.5 Å². The van der Waals surface area contributed by atoms with Gasteiger partial charge in [0.2, 0.25) is 11.7 Å². The predicted octanol–water partition coefficient (Wildman–Crippen LogP) is 2.16. The van der Waals surface area contributed by atoms with Gasteiger partial charge in [-0.25, -0.2) is 9.97 Å². The molecule has 6 heteroatoms. The molecule has 0 aromatic carbocycles. The van der Waals surface area contributed by atoms with Gasteiger partial charge in [0.1, 0.15) is 12.0 Å². The topological polar surface area (TPSA) is 76.7 Å². The van der Waals surface area contributed by atoms with Crippen molar-refractivity contribution in [3.8, 4) is 11.5 Å². The number of hydrogen-bond donors (Lipinski definition) is 1. The molecule has 6 nitrogen and oxygen atoms in total. The first-order valence-electron chi connectivity index (χ1n) is 7.20. The van der Waals surface area contributed by atoms with E-state index < -0.39 is 0 Å². The fraction of sp³-hybridized carbons (Fsp3) is 0.571. The van der Waals surface area contributed by atoms with E-state index in [4.69, 9.17) is 4.52 Å². The minimum absolute atomic E-state index is 0.382. The minimum Gasteiger partial charge on any atom is -0.339 e. The average Bonchev–Trinajstić information content (AvgIpc) is 2.99. The smallest absolute Gasteiger partial charge is 0.230 e. The maximum absolute atomic E-state index is 5.41. The summed E-state index contributed by atoms with van der Waals surface area (Å²) in [6.45, 7) is 3.19. The van der Waals surface area contributed by atoms with E-state index in [1.807, 2.05) is 0 Å². The molecule has 20 heavy (non-hydrogen) atoms. The Morgan fingerprint density at radius 1 is 1.30 bits per heavy atom. The molecular weight excluding hydrogens is 254 g/mol. The Hall–Kier alpha value is -1.82. The molecule has 0 amide bonds. The molecule has 0 saturated heterocycles. The Kier molecular flexibility index (Phi) is 4.01. The lowest BCUT2D eigenvalue weighted by Gasteiger charge is -2.26. The number of nitrogens with zero attached hydrogens (tertiary/aromatic N) is 4. The summed E-state index contributed by atoms with van der Waals surface area (Å²) in [6, 6.07) is 2.43. The molecule has 1 N–H and O–H groups in total. The Morgan fingerprint density at radius 2 is 2.15 bits per heavy atom. The maximum Gasteiger partial charge on any atom is 0.230 e. The van der Waals surface area contributed by atoms with E-state index in [1.54, 1.807) is 12.3 Å². The van der Waals surface area contributed by atoms with Crippen molar-refractivity contribution in [3.63, 3.8) is 0 Å². The van der Waals surface area contributed by atoms with Crippen molar-refractivity contribution in [2.24, 2.45) is 0 Å². The monoisotopic (exact) mass is 273 g/mol. The van der Waals surface area contributed by atoms with E-state index >= 15 is 0 Å². The first-order valence-corrected chi connectivity index (χ1v) is 7.20. The van der Waals surface area contributed by atoms with Gasteiger partial charge in [0, 0.05) is 18.2 Å². The van der Waals surface area contributed by atoms with Crippen LogP contribution in [0.4, 0.5) is 0 Å². The van der Waals surface area contributed by atoms with Crippen molar-refractivity contribution < 1.29 is 4.52 Å². The molecule has 2 heterocycles. The number of nitrogens with one attached hydrogen (secondary N) is 1. The van der Waals surface area contributed by atoms with Crippen LogP contribution >= 0.6 is 0 Å².